The van der Waals surface area contributed by atoms with Crippen LogP contribution in [0.15, 0.2) is 23.2 Å². The van der Waals surface area contributed by atoms with E-state index in [0.717, 1.165) is 24.2 Å². The monoisotopic (exact) mass is 265 g/mol. The second-order valence-corrected chi connectivity index (χ2v) is 4.65. The maximum Gasteiger partial charge on any atom is 0.219 e. The number of amides is 1. The van der Waals surface area contributed by atoms with Gasteiger partial charge in [-0.25, -0.2) is 4.99 Å². The van der Waals surface area contributed by atoms with Gasteiger partial charge >= 0.3 is 0 Å². The molecule has 0 fully saturated rings. The third-order valence-corrected chi connectivity index (χ3v) is 3.33. The van der Waals surface area contributed by atoms with Crippen LogP contribution >= 0.6 is 11.6 Å². The van der Waals surface area contributed by atoms with Crippen LogP contribution in [0, 0.1) is 0 Å². The van der Waals surface area contributed by atoms with Crippen LogP contribution in [-0.4, -0.2) is 29.1 Å². The van der Waals surface area contributed by atoms with E-state index in [4.69, 9.17) is 17.3 Å². The van der Waals surface area contributed by atoms with Gasteiger partial charge in [0.2, 0.25) is 5.91 Å². The van der Waals surface area contributed by atoms with E-state index >= 15 is 0 Å². The first-order valence-corrected chi connectivity index (χ1v) is 6.40. The van der Waals surface area contributed by atoms with Crippen LogP contribution in [0.2, 0.25) is 0 Å². The van der Waals surface area contributed by atoms with Crippen molar-refractivity contribution in [2.75, 3.05) is 12.4 Å². The lowest BCUT2D eigenvalue weighted by Crippen LogP contribution is -2.34. The molecule has 1 heterocycles. The first-order valence-electron chi connectivity index (χ1n) is 5.86. The van der Waals surface area contributed by atoms with Crippen molar-refractivity contribution >= 4 is 29.0 Å². The third-order valence-electron chi connectivity index (χ3n) is 3.06. The van der Waals surface area contributed by atoms with Gasteiger partial charge in [0.05, 0.1) is 11.6 Å². The Kier molecular flexibility index (Phi) is 3.87. The summed E-state index contributed by atoms with van der Waals surface area (Å²) in [5.41, 5.74) is 8.81. The number of amidine groups is 1. The second-order valence-electron chi connectivity index (χ2n) is 4.38. The van der Waals surface area contributed by atoms with Crippen molar-refractivity contribution < 1.29 is 4.79 Å². The zero-order valence-electron chi connectivity index (χ0n) is 10.3. The van der Waals surface area contributed by atoms with Crippen LogP contribution in [0.3, 0.4) is 0 Å². The molecule has 0 radical (unpaired) electrons. The Hall–Kier alpha value is -1.55. The molecule has 1 aromatic rings. The number of hydrogen-bond acceptors (Lipinski definition) is 2. The Morgan fingerprint density at radius 1 is 1.50 bits per heavy atom. The molecule has 0 saturated heterocycles. The highest BCUT2D eigenvalue weighted by atomic mass is 35.5. The molecule has 0 spiro atoms. The summed E-state index contributed by atoms with van der Waals surface area (Å²) in [5.74, 6) is 0.724. The van der Waals surface area contributed by atoms with E-state index < -0.39 is 0 Å². The fraction of sp³-hybridized carbons (Fsp3) is 0.385. The highest BCUT2D eigenvalue weighted by Crippen LogP contribution is 2.24. The summed E-state index contributed by atoms with van der Waals surface area (Å²) in [6.07, 6.45) is 0.893. The Balaban J connectivity index is 2.26. The second kappa shape index (κ2) is 5.40. The first kappa shape index (κ1) is 12.9. The Morgan fingerprint density at radius 3 is 2.94 bits per heavy atom. The average Bonchev–Trinajstić information content (AvgIpc) is 2.37. The summed E-state index contributed by atoms with van der Waals surface area (Å²) >= 11 is 5.60. The SMILES string of the molecule is CC(=O)N1CCc2ccc(N=C(N)CCl)cc2C1. The van der Waals surface area contributed by atoms with Crippen molar-refractivity contribution in [2.24, 2.45) is 10.7 Å². The molecule has 96 valence electrons. The van der Waals surface area contributed by atoms with E-state index in [0.29, 0.717) is 12.4 Å². The highest BCUT2D eigenvalue weighted by Gasteiger charge is 2.18. The lowest BCUT2D eigenvalue weighted by molar-refractivity contribution is -0.129. The van der Waals surface area contributed by atoms with Crippen molar-refractivity contribution in [2.45, 2.75) is 19.9 Å². The minimum absolute atomic E-state index is 0.106. The zero-order chi connectivity index (χ0) is 13.1. The lowest BCUT2D eigenvalue weighted by Gasteiger charge is -2.28. The van der Waals surface area contributed by atoms with Crippen molar-refractivity contribution in [1.82, 2.24) is 4.90 Å². The largest absolute Gasteiger partial charge is 0.386 e. The topological polar surface area (TPSA) is 58.7 Å². The number of carbonyl (C=O) groups excluding carboxylic acids is 1. The van der Waals surface area contributed by atoms with Crippen LogP contribution in [0.25, 0.3) is 0 Å². The van der Waals surface area contributed by atoms with E-state index in [1.54, 1.807) is 6.92 Å². The van der Waals surface area contributed by atoms with Crippen LogP contribution in [0.5, 0.6) is 0 Å². The highest BCUT2D eigenvalue weighted by molar-refractivity contribution is 6.28. The fourth-order valence-corrected chi connectivity index (χ4v) is 2.14. The number of fused-ring (bicyclic) bond motifs is 1. The summed E-state index contributed by atoms with van der Waals surface area (Å²) in [6.45, 7) is 3.03. The van der Waals surface area contributed by atoms with Crippen molar-refractivity contribution in [3.63, 3.8) is 0 Å². The molecular formula is C13H16ClN3O. The lowest BCUT2D eigenvalue weighted by atomic mass is 9.99. The predicted molar refractivity (Wildman–Crippen MR) is 73.2 cm³/mol. The molecule has 1 aromatic carbocycles. The van der Waals surface area contributed by atoms with Crippen molar-refractivity contribution in [1.29, 1.82) is 0 Å². The molecule has 0 atom stereocenters. The summed E-state index contributed by atoms with van der Waals surface area (Å²) in [5, 5.41) is 0. The number of alkyl halides is 1. The number of nitrogens with two attached hydrogens (primary N) is 1. The van der Waals surface area contributed by atoms with Gasteiger partial charge in [-0.1, -0.05) is 6.07 Å². The molecule has 2 rings (SSSR count). The van der Waals surface area contributed by atoms with Gasteiger partial charge in [-0.2, -0.15) is 0 Å². The van der Waals surface area contributed by atoms with Gasteiger partial charge in [0.25, 0.3) is 0 Å². The Labute approximate surface area is 111 Å². The Morgan fingerprint density at radius 2 is 2.28 bits per heavy atom. The van der Waals surface area contributed by atoms with Crippen LogP contribution < -0.4 is 5.73 Å². The Bertz CT molecular complexity index is 499. The van der Waals surface area contributed by atoms with E-state index in [2.05, 4.69) is 4.99 Å². The minimum atomic E-state index is 0.106. The predicted octanol–water partition coefficient (Wildman–Crippen LogP) is 1.82. The summed E-state index contributed by atoms with van der Waals surface area (Å²) in [6, 6.07) is 5.96. The summed E-state index contributed by atoms with van der Waals surface area (Å²) in [7, 11) is 0. The molecule has 0 aliphatic carbocycles. The van der Waals surface area contributed by atoms with Crippen LogP contribution in [0.1, 0.15) is 18.1 Å². The van der Waals surface area contributed by atoms with Crippen LogP contribution in [0.4, 0.5) is 5.69 Å². The molecule has 0 bridgehead atoms. The number of halogens is 1. The molecule has 0 unspecified atom stereocenters. The van der Waals surface area contributed by atoms with Crippen molar-refractivity contribution in [3.8, 4) is 0 Å². The number of hydrogen-bond donors (Lipinski definition) is 1. The molecule has 5 heteroatoms. The maximum atomic E-state index is 11.4. The normalized spacial score (nSPS) is 15.4. The minimum Gasteiger partial charge on any atom is -0.386 e. The number of rotatable bonds is 2. The third kappa shape index (κ3) is 2.82. The number of aliphatic imine (C=N–C) groups is 1. The molecule has 1 aliphatic heterocycles. The molecular weight excluding hydrogens is 250 g/mol. The number of carbonyl (C=O) groups is 1. The van der Waals surface area contributed by atoms with E-state index in [1.165, 1.54) is 5.56 Å². The zero-order valence-corrected chi connectivity index (χ0v) is 11.1. The molecule has 0 saturated carbocycles. The number of benzene rings is 1. The van der Waals surface area contributed by atoms with E-state index in [1.807, 2.05) is 23.1 Å². The van der Waals surface area contributed by atoms with Crippen molar-refractivity contribution in [3.05, 3.63) is 29.3 Å². The maximum absolute atomic E-state index is 11.4. The average molecular weight is 266 g/mol. The number of nitrogens with zero attached hydrogens (tertiary/aromatic N) is 2. The molecule has 18 heavy (non-hydrogen) atoms. The summed E-state index contributed by atoms with van der Waals surface area (Å²) < 4.78 is 0. The van der Waals surface area contributed by atoms with Gasteiger partial charge < -0.3 is 10.6 Å². The quantitative estimate of drug-likeness (QED) is 0.504. The van der Waals surface area contributed by atoms with E-state index in [-0.39, 0.29) is 11.8 Å². The van der Waals surface area contributed by atoms with Gasteiger partial charge in [0.15, 0.2) is 0 Å². The van der Waals surface area contributed by atoms with Gasteiger partial charge in [-0.05, 0) is 29.7 Å². The van der Waals surface area contributed by atoms with Gasteiger partial charge in [-0.3, -0.25) is 4.79 Å². The molecule has 2 N–H and O–H groups in total. The molecule has 1 amide bonds. The molecule has 4 nitrogen and oxygen atoms in total. The van der Waals surface area contributed by atoms with Crippen LogP contribution in [-0.2, 0) is 17.8 Å². The molecule has 0 aromatic heterocycles. The standard InChI is InChI=1S/C13H16ClN3O/c1-9(18)17-5-4-10-2-3-12(6-11(10)8-17)16-13(15)7-14/h2-3,6H,4-5,7-8H2,1H3,(H2,15,16). The smallest absolute Gasteiger partial charge is 0.219 e. The summed E-state index contributed by atoms with van der Waals surface area (Å²) in [4.78, 5) is 17.4. The van der Waals surface area contributed by atoms with E-state index in [9.17, 15) is 4.79 Å². The van der Waals surface area contributed by atoms with Gasteiger partial charge in [0, 0.05) is 20.0 Å². The van der Waals surface area contributed by atoms with Gasteiger partial charge in [0.1, 0.15) is 5.84 Å². The molecule has 1 aliphatic rings. The first-order chi connectivity index (χ1) is 8.60. The fourth-order valence-electron chi connectivity index (χ4n) is 2.08. The van der Waals surface area contributed by atoms with Gasteiger partial charge in [-0.15, -0.1) is 11.6 Å².